The number of nitrogens with two attached hydrogens (primary N) is 1. The molecular weight excluding hydrogens is 212 g/mol. The lowest BCUT2D eigenvalue weighted by Crippen LogP contribution is -2.52. The van der Waals surface area contributed by atoms with Crippen molar-refractivity contribution in [3.63, 3.8) is 0 Å². The van der Waals surface area contributed by atoms with Gasteiger partial charge in [0.15, 0.2) is 0 Å². The van der Waals surface area contributed by atoms with Gasteiger partial charge in [0.25, 0.3) is 0 Å². The van der Waals surface area contributed by atoms with Crippen LogP contribution in [0.2, 0.25) is 0 Å². The molecule has 3 nitrogen and oxygen atoms in total. The molecule has 0 amide bonds. The summed E-state index contributed by atoms with van der Waals surface area (Å²) in [5.41, 5.74) is 7.86. The summed E-state index contributed by atoms with van der Waals surface area (Å²) < 4.78 is 0. The molecule has 0 atom stereocenters. The predicted octanol–water partition coefficient (Wildman–Crippen LogP) is 1.44. The van der Waals surface area contributed by atoms with Crippen LogP contribution in [0.3, 0.4) is 0 Å². The van der Waals surface area contributed by atoms with Gasteiger partial charge in [-0.1, -0.05) is 36.9 Å². The maximum Gasteiger partial charge on any atom is 0.0612 e. The molecule has 2 rings (SSSR count). The van der Waals surface area contributed by atoms with Gasteiger partial charge in [0, 0.05) is 24.3 Å². The van der Waals surface area contributed by atoms with Crippen molar-refractivity contribution in [1.82, 2.24) is 4.90 Å². The average Bonchev–Trinajstić information content (AvgIpc) is 2.40. The first-order chi connectivity index (χ1) is 8.14. The highest BCUT2D eigenvalue weighted by atomic mass is 16.3. The zero-order chi connectivity index (χ0) is 12.3. The Hall–Kier alpha value is -1.32. The molecule has 1 aromatic rings. The highest BCUT2D eigenvalue weighted by Gasteiger charge is 2.30. The van der Waals surface area contributed by atoms with Crippen LogP contribution in [0.1, 0.15) is 18.4 Å². The van der Waals surface area contributed by atoms with Gasteiger partial charge in [0.2, 0.25) is 0 Å². The summed E-state index contributed by atoms with van der Waals surface area (Å²) in [6.45, 7) is 5.94. The summed E-state index contributed by atoms with van der Waals surface area (Å²) in [4.78, 5) is 2.25. The lowest BCUT2D eigenvalue weighted by atomic mass is 9.89. The van der Waals surface area contributed by atoms with E-state index in [1.807, 2.05) is 18.2 Å². The quantitative estimate of drug-likeness (QED) is 0.829. The fraction of sp³-hybridized carbons (Fsp3) is 0.429. The number of nitrogens with zero attached hydrogens (tertiary/aromatic N) is 1. The second-order valence-electron chi connectivity index (χ2n) is 4.82. The van der Waals surface area contributed by atoms with Gasteiger partial charge in [-0.3, -0.25) is 0 Å². The van der Waals surface area contributed by atoms with Crippen LogP contribution in [0.15, 0.2) is 36.9 Å². The van der Waals surface area contributed by atoms with E-state index in [0.29, 0.717) is 0 Å². The molecule has 0 aliphatic carbocycles. The minimum absolute atomic E-state index is 0.0681. The second-order valence-corrected chi connectivity index (χ2v) is 4.82. The van der Waals surface area contributed by atoms with Crippen molar-refractivity contribution >= 4 is 5.70 Å². The van der Waals surface area contributed by atoms with E-state index >= 15 is 0 Å². The largest absolute Gasteiger partial charge is 0.394 e. The minimum Gasteiger partial charge on any atom is -0.394 e. The van der Waals surface area contributed by atoms with E-state index in [-0.39, 0.29) is 6.61 Å². The molecule has 3 N–H and O–H groups in total. The fourth-order valence-electron chi connectivity index (χ4n) is 2.19. The van der Waals surface area contributed by atoms with E-state index in [0.717, 1.165) is 37.2 Å². The van der Waals surface area contributed by atoms with Crippen molar-refractivity contribution < 1.29 is 5.11 Å². The van der Waals surface area contributed by atoms with Crippen molar-refractivity contribution in [2.24, 2.45) is 5.73 Å². The Labute approximate surface area is 103 Å². The van der Waals surface area contributed by atoms with Gasteiger partial charge < -0.3 is 15.7 Å². The summed E-state index contributed by atoms with van der Waals surface area (Å²) in [6, 6.07) is 10.2. The predicted molar refractivity (Wildman–Crippen MR) is 70.3 cm³/mol. The van der Waals surface area contributed by atoms with Gasteiger partial charge in [-0.05, 0) is 18.4 Å². The number of hydrogen-bond acceptors (Lipinski definition) is 3. The molecule has 1 fully saturated rings. The van der Waals surface area contributed by atoms with E-state index in [1.165, 1.54) is 0 Å². The third-order valence-corrected chi connectivity index (χ3v) is 3.56. The second kappa shape index (κ2) is 4.90. The molecular formula is C14H20N2O. The zero-order valence-electron chi connectivity index (χ0n) is 10.1. The zero-order valence-corrected chi connectivity index (χ0v) is 10.1. The summed E-state index contributed by atoms with van der Waals surface area (Å²) in [5.74, 6) is 0. The third-order valence-electron chi connectivity index (χ3n) is 3.56. The van der Waals surface area contributed by atoms with Gasteiger partial charge in [-0.15, -0.1) is 0 Å². The molecule has 0 aromatic heterocycles. The fourth-order valence-corrected chi connectivity index (χ4v) is 2.19. The molecule has 0 spiro atoms. The van der Waals surface area contributed by atoms with Crippen LogP contribution in [0.4, 0.5) is 0 Å². The summed E-state index contributed by atoms with van der Waals surface area (Å²) >= 11 is 0. The number of hydrogen-bond donors (Lipinski definition) is 2. The SMILES string of the molecule is C=C(c1ccccc1)N1CCC(N)(CO)CC1. The van der Waals surface area contributed by atoms with E-state index in [2.05, 4.69) is 23.6 Å². The van der Waals surface area contributed by atoms with Crippen LogP contribution >= 0.6 is 0 Å². The van der Waals surface area contributed by atoms with Crippen molar-refractivity contribution in [3.05, 3.63) is 42.5 Å². The highest BCUT2D eigenvalue weighted by molar-refractivity contribution is 5.61. The molecule has 1 aromatic carbocycles. The van der Waals surface area contributed by atoms with Crippen molar-refractivity contribution in [1.29, 1.82) is 0 Å². The van der Waals surface area contributed by atoms with Gasteiger partial charge in [-0.25, -0.2) is 0 Å². The van der Waals surface area contributed by atoms with Crippen molar-refractivity contribution in [2.45, 2.75) is 18.4 Å². The molecule has 1 heterocycles. The summed E-state index contributed by atoms with van der Waals surface area (Å²) in [7, 11) is 0. The maximum atomic E-state index is 9.23. The Morgan fingerprint density at radius 3 is 2.41 bits per heavy atom. The number of likely N-dealkylation sites (tertiary alicyclic amines) is 1. The van der Waals surface area contributed by atoms with Gasteiger partial charge >= 0.3 is 0 Å². The van der Waals surface area contributed by atoms with Crippen LogP contribution < -0.4 is 5.73 Å². The Morgan fingerprint density at radius 1 is 1.29 bits per heavy atom. The molecule has 3 heteroatoms. The molecule has 1 aliphatic heterocycles. The lowest BCUT2D eigenvalue weighted by Gasteiger charge is -2.40. The number of piperidine rings is 1. The molecule has 0 saturated carbocycles. The molecule has 1 aliphatic rings. The first-order valence-corrected chi connectivity index (χ1v) is 6.04. The first-order valence-electron chi connectivity index (χ1n) is 6.04. The molecule has 0 radical (unpaired) electrons. The van der Waals surface area contributed by atoms with E-state index in [1.54, 1.807) is 0 Å². The lowest BCUT2D eigenvalue weighted by molar-refractivity contribution is 0.132. The number of benzene rings is 1. The van der Waals surface area contributed by atoms with E-state index < -0.39 is 5.54 Å². The average molecular weight is 232 g/mol. The number of aliphatic hydroxyl groups excluding tert-OH is 1. The van der Waals surface area contributed by atoms with Gasteiger partial charge in [0.1, 0.15) is 0 Å². The van der Waals surface area contributed by atoms with Crippen LogP contribution in [0, 0.1) is 0 Å². The molecule has 1 saturated heterocycles. The highest BCUT2D eigenvalue weighted by Crippen LogP contribution is 2.25. The minimum atomic E-state index is -0.395. The Kier molecular flexibility index (Phi) is 3.50. The molecule has 0 bridgehead atoms. The Morgan fingerprint density at radius 2 is 1.88 bits per heavy atom. The standard InChI is InChI=1S/C14H20N2O/c1-12(13-5-3-2-4-6-13)16-9-7-14(15,11-17)8-10-16/h2-6,17H,1,7-11,15H2. The Balaban J connectivity index is 2.00. The van der Waals surface area contributed by atoms with Gasteiger partial charge in [0.05, 0.1) is 6.61 Å². The Bertz CT molecular complexity index is 380. The van der Waals surface area contributed by atoms with Crippen LogP contribution in [-0.4, -0.2) is 35.2 Å². The van der Waals surface area contributed by atoms with Gasteiger partial charge in [-0.2, -0.15) is 0 Å². The number of rotatable bonds is 3. The van der Waals surface area contributed by atoms with Crippen LogP contribution in [-0.2, 0) is 0 Å². The topological polar surface area (TPSA) is 49.5 Å². The first kappa shape index (κ1) is 12.1. The third kappa shape index (κ3) is 2.68. The maximum absolute atomic E-state index is 9.23. The summed E-state index contributed by atoms with van der Waals surface area (Å²) in [5, 5.41) is 9.23. The van der Waals surface area contributed by atoms with Crippen LogP contribution in [0.25, 0.3) is 5.70 Å². The van der Waals surface area contributed by atoms with E-state index in [9.17, 15) is 5.11 Å². The van der Waals surface area contributed by atoms with Crippen molar-refractivity contribution in [3.8, 4) is 0 Å². The number of aliphatic hydroxyl groups is 1. The normalized spacial score (nSPS) is 19.1. The smallest absolute Gasteiger partial charge is 0.0612 e. The van der Waals surface area contributed by atoms with Crippen molar-refractivity contribution in [2.75, 3.05) is 19.7 Å². The molecule has 0 unspecified atom stereocenters. The molecule has 17 heavy (non-hydrogen) atoms. The van der Waals surface area contributed by atoms with E-state index in [4.69, 9.17) is 5.73 Å². The molecule has 92 valence electrons. The summed E-state index contributed by atoms with van der Waals surface area (Å²) in [6.07, 6.45) is 1.63. The monoisotopic (exact) mass is 232 g/mol. The van der Waals surface area contributed by atoms with Crippen LogP contribution in [0.5, 0.6) is 0 Å².